The van der Waals surface area contributed by atoms with Crippen LogP contribution in [0.2, 0.25) is 0 Å². The maximum absolute atomic E-state index is 12.8. The number of hydrogen-bond donors (Lipinski definition) is 1. The molecule has 0 atom stereocenters. The van der Waals surface area contributed by atoms with E-state index in [1.54, 1.807) is 6.08 Å². The van der Waals surface area contributed by atoms with E-state index in [0.717, 1.165) is 40.9 Å². The van der Waals surface area contributed by atoms with Gasteiger partial charge in [0, 0.05) is 29.2 Å². The van der Waals surface area contributed by atoms with Crippen LogP contribution in [0.3, 0.4) is 0 Å². The molecule has 0 saturated carbocycles. The molecule has 0 fully saturated rings. The highest BCUT2D eigenvalue weighted by atomic mass is 32.2. The van der Waals surface area contributed by atoms with Gasteiger partial charge in [0.15, 0.2) is 5.84 Å². The molecule has 0 spiro atoms. The Morgan fingerprint density at radius 3 is 2.68 bits per heavy atom. The van der Waals surface area contributed by atoms with E-state index in [2.05, 4.69) is 39.8 Å². The van der Waals surface area contributed by atoms with Crippen molar-refractivity contribution >= 4 is 50.7 Å². The number of benzene rings is 2. The van der Waals surface area contributed by atoms with Gasteiger partial charge in [-0.3, -0.25) is 10.2 Å². The van der Waals surface area contributed by atoms with Gasteiger partial charge in [0.2, 0.25) is 5.17 Å². The van der Waals surface area contributed by atoms with Crippen LogP contribution in [0.15, 0.2) is 76.5 Å². The topological polar surface area (TPSA) is 73.8 Å². The average molecular weight is 428 g/mol. The summed E-state index contributed by atoms with van der Waals surface area (Å²) in [5.74, 6) is -0.315. The van der Waals surface area contributed by atoms with Crippen LogP contribution < -0.4 is 0 Å². The zero-order chi connectivity index (χ0) is 21.4. The van der Waals surface area contributed by atoms with Crippen LogP contribution >= 0.6 is 11.8 Å². The number of nitrogens with one attached hydrogen (secondary N) is 1. The summed E-state index contributed by atoms with van der Waals surface area (Å²) >= 11 is 1.38. The largest absolute Gasteiger partial charge is 0.342 e. The first kappa shape index (κ1) is 19.5. The van der Waals surface area contributed by atoms with E-state index in [1.807, 2.05) is 42.6 Å². The fraction of sp³-hybridized carbons (Fsp3) is 0.167. The number of hydrazone groups is 1. The van der Waals surface area contributed by atoms with Gasteiger partial charge in [-0.15, -0.1) is 0 Å². The summed E-state index contributed by atoms with van der Waals surface area (Å²) in [6, 6.07) is 18.4. The molecule has 0 unspecified atom stereocenters. The SMILES string of the molecule is CCCC1=NN2C(=N)/C(=C/c3cn(Cc4ccccc4)c4ccccc34)C(=O)N=C2S1. The quantitative estimate of drug-likeness (QED) is 0.575. The standard InChI is InChI=1S/C24H21N5OS/c1-2-8-21-27-29-22(25)19(23(30)26-24(29)31-21)13-17-15-28(14-16-9-4-3-5-10-16)20-12-7-6-11-18(17)20/h3-7,9-13,15,25H,2,8,14H2,1H3/b19-13-,25-22?. The number of nitrogens with zero attached hydrogens (tertiary/aromatic N) is 4. The number of hydrogen-bond acceptors (Lipinski definition) is 4. The third-order valence-electron chi connectivity index (χ3n) is 5.28. The maximum atomic E-state index is 12.8. The van der Waals surface area contributed by atoms with E-state index in [4.69, 9.17) is 5.41 Å². The van der Waals surface area contributed by atoms with Gasteiger partial charge in [0.05, 0.1) is 5.57 Å². The van der Waals surface area contributed by atoms with Crippen molar-refractivity contribution in [2.75, 3.05) is 0 Å². The lowest BCUT2D eigenvalue weighted by Crippen LogP contribution is -2.35. The molecule has 1 aromatic heterocycles. The molecule has 6 nitrogen and oxygen atoms in total. The second kappa shape index (κ2) is 8.00. The fourth-order valence-electron chi connectivity index (χ4n) is 3.80. The molecule has 2 aromatic carbocycles. The predicted molar refractivity (Wildman–Crippen MR) is 127 cm³/mol. The Morgan fingerprint density at radius 2 is 1.87 bits per heavy atom. The number of aliphatic imine (C=N–C) groups is 1. The number of amides is 1. The van der Waals surface area contributed by atoms with E-state index in [1.165, 1.54) is 22.3 Å². The molecule has 0 bridgehead atoms. The third-order valence-corrected chi connectivity index (χ3v) is 6.24. The Kier molecular flexibility index (Phi) is 5.03. The van der Waals surface area contributed by atoms with Gasteiger partial charge < -0.3 is 4.57 Å². The number of thioether (sulfide) groups is 1. The zero-order valence-corrected chi connectivity index (χ0v) is 17.9. The van der Waals surface area contributed by atoms with Gasteiger partial charge in [-0.05, 0) is 42.3 Å². The van der Waals surface area contributed by atoms with Crippen molar-refractivity contribution in [1.29, 1.82) is 5.41 Å². The molecule has 31 heavy (non-hydrogen) atoms. The average Bonchev–Trinajstić information content (AvgIpc) is 3.34. The minimum atomic E-state index is -0.392. The summed E-state index contributed by atoms with van der Waals surface area (Å²) in [5, 5.41) is 17.0. The second-order valence-corrected chi connectivity index (χ2v) is 8.52. The predicted octanol–water partition coefficient (Wildman–Crippen LogP) is 5.11. The summed E-state index contributed by atoms with van der Waals surface area (Å²) in [4.78, 5) is 17.0. The molecular weight excluding hydrogens is 406 g/mol. The van der Waals surface area contributed by atoms with Gasteiger partial charge in [-0.25, -0.2) is 0 Å². The maximum Gasteiger partial charge on any atom is 0.283 e. The molecule has 2 aliphatic rings. The summed E-state index contributed by atoms with van der Waals surface area (Å²) in [6.07, 6.45) is 5.58. The normalized spacial score (nSPS) is 17.3. The van der Waals surface area contributed by atoms with Gasteiger partial charge >= 0.3 is 0 Å². The zero-order valence-electron chi connectivity index (χ0n) is 17.1. The number of rotatable bonds is 5. The Morgan fingerprint density at radius 1 is 1.10 bits per heavy atom. The number of fused-ring (bicyclic) bond motifs is 2. The van der Waals surface area contributed by atoms with Crippen molar-refractivity contribution in [1.82, 2.24) is 9.58 Å². The molecule has 7 heteroatoms. The summed E-state index contributed by atoms with van der Waals surface area (Å²) in [5.41, 5.74) is 3.43. The van der Waals surface area contributed by atoms with E-state index in [-0.39, 0.29) is 11.4 Å². The Balaban J connectivity index is 1.54. The van der Waals surface area contributed by atoms with Crippen LogP contribution in [0.4, 0.5) is 0 Å². The lowest BCUT2D eigenvalue weighted by Gasteiger charge is -2.20. The van der Waals surface area contributed by atoms with Gasteiger partial charge in [-0.1, -0.05) is 55.5 Å². The lowest BCUT2D eigenvalue weighted by molar-refractivity contribution is -0.114. The van der Waals surface area contributed by atoms with Crippen molar-refractivity contribution < 1.29 is 4.79 Å². The number of carbonyl (C=O) groups excluding carboxylic acids is 1. The number of amidine groups is 2. The van der Waals surface area contributed by atoms with E-state index in [9.17, 15) is 4.79 Å². The minimum absolute atomic E-state index is 0.0773. The second-order valence-electron chi connectivity index (χ2n) is 7.48. The van der Waals surface area contributed by atoms with E-state index >= 15 is 0 Å². The fourth-order valence-corrected chi connectivity index (χ4v) is 4.79. The number of para-hydroxylation sites is 1. The molecule has 3 aromatic rings. The molecule has 154 valence electrons. The molecule has 5 rings (SSSR count). The molecule has 3 heterocycles. The first-order valence-electron chi connectivity index (χ1n) is 10.2. The highest BCUT2D eigenvalue weighted by Crippen LogP contribution is 2.31. The molecule has 0 saturated heterocycles. The Labute approximate surface area is 184 Å². The monoisotopic (exact) mass is 427 g/mol. The Bertz CT molecular complexity index is 1290. The van der Waals surface area contributed by atoms with Crippen molar-refractivity contribution in [2.45, 2.75) is 26.3 Å². The summed E-state index contributed by atoms with van der Waals surface area (Å²) < 4.78 is 2.17. The molecule has 1 N–H and O–H groups in total. The molecule has 1 amide bonds. The summed E-state index contributed by atoms with van der Waals surface area (Å²) in [6.45, 7) is 2.81. The van der Waals surface area contributed by atoms with Crippen LogP contribution in [0, 0.1) is 5.41 Å². The van der Waals surface area contributed by atoms with Crippen molar-refractivity contribution in [3.63, 3.8) is 0 Å². The van der Waals surface area contributed by atoms with Crippen LogP contribution in [-0.4, -0.2) is 31.5 Å². The number of carbonyl (C=O) groups is 1. The van der Waals surface area contributed by atoms with Crippen LogP contribution in [-0.2, 0) is 11.3 Å². The van der Waals surface area contributed by atoms with E-state index < -0.39 is 5.91 Å². The van der Waals surface area contributed by atoms with Gasteiger partial charge in [0.25, 0.3) is 5.91 Å². The van der Waals surface area contributed by atoms with Crippen LogP contribution in [0.1, 0.15) is 30.9 Å². The van der Waals surface area contributed by atoms with Crippen molar-refractivity contribution in [2.24, 2.45) is 10.1 Å². The van der Waals surface area contributed by atoms with Crippen LogP contribution in [0.5, 0.6) is 0 Å². The highest BCUT2D eigenvalue weighted by Gasteiger charge is 2.35. The number of aromatic nitrogens is 1. The van der Waals surface area contributed by atoms with Crippen molar-refractivity contribution in [3.05, 3.63) is 77.5 Å². The lowest BCUT2D eigenvalue weighted by atomic mass is 10.1. The van der Waals surface area contributed by atoms with Gasteiger partial charge in [-0.2, -0.15) is 15.1 Å². The minimum Gasteiger partial charge on any atom is -0.342 e. The first-order valence-corrected chi connectivity index (χ1v) is 11.1. The highest BCUT2D eigenvalue weighted by molar-refractivity contribution is 8.26. The molecule has 0 radical (unpaired) electrons. The third kappa shape index (κ3) is 3.61. The molecule has 2 aliphatic heterocycles. The first-order chi connectivity index (χ1) is 15.1. The van der Waals surface area contributed by atoms with Crippen molar-refractivity contribution in [3.8, 4) is 0 Å². The smallest absolute Gasteiger partial charge is 0.283 e. The van der Waals surface area contributed by atoms with Crippen LogP contribution in [0.25, 0.3) is 17.0 Å². The Hall–Kier alpha value is -3.45. The van der Waals surface area contributed by atoms with E-state index in [0.29, 0.717) is 5.17 Å². The summed E-state index contributed by atoms with van der Waals surface area (Å²) in [7, 11) is 0. The molecule has 0 aliphatic carbocycles. The van der Waals surface area contributed by atoms with Gasteiger partial charge in [0.1, 0.15) is 5.04 Å². The molecular formula is C24H21N5OS.